The fourth-order valence-electron chi connectivity index (χ4n) is 4.42. The van der Waals surface area contributed by atoms with Crippen molar-refractivity contribution in [3.63, 3.8) is 0 Å². The molecule has 0 saturated carbocycles. The zero-order valence-electron chi connectivity index (χ0n) is 20.3. The number of fused-ring (bicyclic) bond motifs is 1. The molecule has 1 unspecified atom stereocenters. The highest BCUT2D eigenvalue weighted by Gasteiger charge is 2.30. The van der Waals surface area contributed by atoms with Gasteiger partial charge in [0.1, 0.15) is 18.4 Å². The van der Waals surface area contributed by atoms with Crippen molar-refractivity contribution >= 4 is 11.6 Å². The number of rotatable bonds is 8. The van der Waals surface area contributed by atoms with Crippen LogP contribution >= 0.6 is 0 Å². The molecule has 190 valence electrons. The van der Waals surface area contributed by atoms with Crippen molar-refractivity contribution in [3.8, 4) is 5.75 Å². The van der Waals surface area contributed by atoms with Crippen molar-refractivity contribution < 1.29 is 22.7 Å². The van der Waals surface area contributed by atoms with E-state index in [0.717, 1.165) is 46.8 Å². The van der Waals surface area contributed by atoms with Crippen molar-refractivity contribution in [2.24, 2.45) is 0 Å². The van der Waals surface area contributed by atoms with Gasteiger partial charge in [-0.25, -0.2) is 0 Å². The number of carbonyl (C=O) groups is 1. The second-order valence-electron chi connectivity index (χ2n) is 8.91. The van der Waals surface area contributed by atoms with Crippen molar-refractivity contribution in [2.45, 2.75) is 31.1 Å². The van der Waals surface area contributed by atoms with Crippen LogP contribution in [0.1, 0.15) is 40.8 Å². The normalized spacial score (nSPS) is 15.0. The van der Waals surface area contributed by atoms with Crippen molar-refractivity contribution in [1.29, 1.82) is 0 Å². The molecule has 4 rings (SSSR count). The largest absolute Gasteiger partial charge is 0.490 e. The van der Waals surface area contributed by atoms with Gasteiger partial charge in [-0.2, -0.15) is 13.2 Å². The second-order valence-corrected chi connectivity index (χ2v) is 8.91. The number of aryl methyl sites for hydroxylation is 1. The molecule has 2 atom stereocenters. The van der Waals surface area contributed by atoms with Gasteiger partial charge in [-0.1, -0.05) is 48.5 Å². The Labute approximate surface area is 209 Å². The lowest BCUT2D eigenvalue weighted by Crippen LogP contribution is -2.38. The van der Waals surface area contributed by atoms with Gasteiger partial charge in [-0.3, -0.25) is 10.1 Å². The summed E-state index contributed by atoms with van der Waals surface area (Å²) in [6.45, 7) is 1.39. The molecule has 1 amide bonds. The van der Waals surface area contributed by atoms with Crippen LogP contribution in [0.25, 0.3) is 0 Å². The average Bonchev–Trinajstić information content (AvgIpc) is 2.88. The van der Waals surface area contributed by atoms with Crippen molar-refractivity contribution in [2.75, 3.05) is 32.1 Å². The highest BCUT2D eigenvalue weighted by Crippen LogP contribution is 2.35. The highest BCUT2D eigenvalue weighted by molar-refractivity contribution is 5.83. The van der Waals surface area contributed by atoms with Crippen LogP contribution in [-0.2, 0) is 17.4 Å². The average molecular weight is 498 g/mol. The summed E-state index contributed by atoms with van der Waals surface area (Å²) in [5, 5.41) is 6.23. The van der Waals surface area contributed by atoms with E-state index in [1.807, 2.05) is 55.6 Å². The van der Waals surface area contributed by atoms with E-state index in [1.54, 1.807) is 7.05 Å². The van der Waals surface area contributed by atoms with Crippen LogP contribution in [-0.4, -0.2) is 33.2 Å². The van der Waals surface area contributed by atoms with Gasteiger partial charge in [-0.15, -0.1) is 0 Å². The molecule has 8 heteroatoms. The second kappa shape index (κ2) is 11.0. The van der Waals surface area contributed by atoms with Gasteiger partial charge in [0, 0.05) is 20.1 Å². The van der Waals surface area contributed by atoms with Crippen LogP contribution in [0.4, 0.5) is 18.9 Å². The Morgan fingerprint density at radius 1 is 1.03 bits per heavy atom. The third-order valence-corrected chi connectivity index (χ3v) is 6.49. The molecule has 0 spiro atoms. The lowest BCUT2D eigenvalue weighted by molar-refractivity contribution is -0.137. The minimum absolute atomic E-state index is 0.172. The Bertz CT molecular complexity index is 1170. The molecule has 0 saturated heterocycles. The first-order valence-corrected chi connectivity index (χ1v) is 11.9. The van der Waals surface area contributed by atoms with E-state index >= 15 is 0 Å². The van der Waals surface area contributed by atoms with Gasteiger partial charge in [0.15, 0.2) is 0 Å². The number of carbonyl (C=O) groups excluding carboxylic acids is 1. The van der Waals surface area contributed by atoms with E-state index in [1.165, 1.54) is 12.1 Å². The fourth-order valence-corrected chi connectivity index (χ4v) is 4.42. The maximum absolute atomic E-state index is 13.0. The predicted octanol–water partition coefficient (Wildman–Crippen LogP) is 5.28. The maximum Gasteiger partial charge on any atom is 0.416 e. The fraction of sp³-hybridized carbons (Fsp3) is 0.321. The molecule has 5 nitrogen and oxygen atoms in total. The number of amides is 1. The number of ether oxygens (including phenoxy) is 1. The summed E-state index contributed by atoms with van der Waals surface area (Å²) in [5.74, 6) is 0.605. The third-order valence-electron chi connectivity index (χ3n) is 6.49. The number of likely N-dealkylation sites (N-methyl/N-ethyl adjacent to an activating group) is 2. The number of hydrogen-bond acceptors (Lipinski definition) is 4. The van der Waals surface area contributed by atoms with Gasteiger partial charge < -0.3 is 15.0 Å². The van der Waals surface area contributed by atoms with E-state index in [-0.39, 0.29) is 11.9 Å². The number of halogens is 3. The Kier molecular flexibility index (Phi) is 7.84. The highest BCUT2D eigenvalue weighted by atomic mass is 19.4. The third kappa shape index (κ3) is 5.99. The molecule has 2 N–H and O–H groups in total. The first-order valence-electron chi connectivity index (χ1n) is 11.9. The summed E-state index contributed by atoms with van der Waals surface area (Å²) in [6, 6.07) is 19.8. The molecule has 0 aliphatic carbocycles. The molecule has 0 radical (unpaired) electrons. The minimum Gasteiger partial charge on any atom is -0.490 e. The van der Waals surface area contributed by atoms with Gasteiger partial charge in [0.05, 0.1) is 17.8 Å². The molecule has 1 aliphatic rings. The summed E-state index contributed by atoms with van der Waals surface area (Å²) < 4.78 is 44.8. The molecule has 0 fully saturated rings. The van der Waals surface area contributed by atoms with Crippen LogP contribution in [0.2, 0.25) is 0 Å². The maximum atomic E-state index is 13.0. The van der Waals surface area contributed by atoms with E-state index in [9.17, 15) is 18.0 Å². The lowest BCUT2D eigenvalue weighted by atomic mass is 9.95. The zero-order chi connectivity index (χ0) is 25.7. The first kappa shape index (κ1) is 25.6. The Balaban J connectivity index is 1.62. The van der Waals surface area contributed by atoms with Crippen molar-refractivity contribution in [3.05, 3.63) is 95.1 Å². The lowest BCUT2D eigenvalue weighted by Gasteiger charge is -2.30. The smallest absolute Gasteiger partial charge is 0.416 e. The molecule has 1 aliphatic heterocycles. The Morgan fingerprint density at radius 3 is 2.42 bits per heavy atom. The summed E-state index contributed by atoms with van der Waals surface area (Å²) >= 11 is 0. The molecular formula is C28H30F3N3O2. The number of alkyl halides is 3. The summed E-state index contributed by atoms with van der Waals surface area (Å²) in [4.78, 5) is 15.0. The molecule has 0 aromatic heterocycles. The number of anilines is 1. The van der Waals surface area contributed by atoms with Crippen LogP contribution in [0, 0.1) is 0 Å². The first-order chi connectivity index (χ1) is 17.3. The molecule has 0 bridgehead atoms. The Morgan fingerprint density at radius 2 is 1.75 bits per heavy atom. The molecule has 36 heavy (non-hydrogen) atoms. The Hall–Kier alpha value is -3.52. The van der Waals surface area contributed by atoms with Crippen LogP contribution < -0.4 is 20.3 Å². The van der Waals surface area contributed by atoms with Gasteiger partial charge in [0.25, 0.3) is 0 Å². The van der Waals surface area contributed by atoms with E-state index in [2.05, 4.69) is 15.5 Å². The molecule has 3 aromatic carbocycles. The molecule has 3 aromatic rings. The number of nitrogens with zero attached hydrogens (tertiary/aromatic N) is 1. The number of hydrogen-bond donors (Lipinski definition) is 2. The summed E-state index contributed by atoms with van der Waals surface area (Å²) in [7, 11) is 3.61. The van der Waals surface area contributed by atoms with Crippen molar-refractivity contribution in [1.82, 2.24) is 10.6 Å². The van der Waals surface area contributed by atoms with Crippen LogP contribution in [0.5, 0.6) is 5.75 Å². The van der Waals surface area contributed by atoms with Gasteiger partial charge >= 0.3 is 6.18 Å². The molecule has 1 heterocycles. The monoisotopic (exact) mass is 497 g/mol. The topological polar surface area (TPSA) is 53.6 Å². The quantitative estimate of drug-likeness (QED) is 0.445. The van der Waals surface area contributed by atoms with Crippen LogP contribution in [0.3, 0.4) is 0 Å². The van der Waals surface area contributed by atoms with Crippen LogP contribution in [0.15, 0.2) is 72.8 Å². The predicted molar refractivity (Wildman–Crippen MR) is 134 cm³/mol. The number of nitrogens with one attached hydrogen (secondary N) is 2. The standard InChI is InChI=1S/C28H30F3N3O2/c1-32-27(35)26(20-6-4-3-5-7-20)33-23(14-10-19-8-12-22(13-9-19)28(29,30)31)21-11-15-24-25(18-21)36-17-16-34(24)2/h3-9,11-13,15,18,23,26,33H,10,14,16-17H2,1-2H3,(H,32,35)/t23-,26?/m0/s1. The van der Waals surface area contributed by atoms with Gasteiger partial charge in [0.2, 0.25) is 5.91 Å². The summed E-state index contributed by atoms with van der Waals surface area (Å²) in [5.41, 5.74) is 2.89. The minimum atomic E-state index is -4.37. The SMILES string of the molecule is CNC(=O)C(N[C@@H](CCc1ccc(C(F)(F)F)cc1)c1ccc2c(c1)OCCN2C)c1ccccc1. The molecular weight excluding hydrogens is 467 g/mol. The van der Waals surface area contributed by atoms with Gasteiger partial charge in [-0.05, 0) is 53.8 Å². The number of benzene rings is 3. The summed E-state index contributed by atoms with van der Waals surface area (Å²) in [6.07, 6.45) is -3.27. The van der Waals surface area contributed by atoms with E-state index in [4.69, 9.17) is 4.74 Å². The van der Waals surface area contributed by atoms with E-state index < -0.39 is 17.8 Å². The van der Waals surface area contributed by atoms with E-state index in [0.29, 0.717) is 19.4 Å². The zero-order valence-corrected chi connectivity index (χ0v) is 20.3.